The molecule has 0 bridgehead atoms. The van der Waals surface area contributed by atoms with E-state index < -0.39 is 26.8 Å². The Bertz CT molecular complexity index is 1140. The summed E-state index contributed by atoms with van der Waals surface area (Å²) in [6, 6.07) is 10.4. The third-order valence-corrected chi connectivity index (χ3v) is 8.69. The van der Waals surface area contributed by atoms with Gasteiger partial charge >= 0.3 is 0 Å². The van der Waals surface area contributed by atoms with E-state index in [1.807, 2.05) is 4.90 Å². The summed E-state index contributed by atoms with van der Waals surface area (Å²) in [5.74, 6) is -0.612. The summed E-state index contributed by atoms with van der Waals surface area (Å²) in [4.78, 5) is 17.4. The minimum absolute atomic E-state index is 0.178. The molecule has 0 aliphatic carbocycles. The SMILES string of the molecule is CCN1CCN(c2cc(N3CCN(S(=O)(=O)c4ccccc4)C(C)C3)c([N+](=O)[O-])cc2F)CC1. The van der Waals surface area contributed by atoms with Gasteiger partial charge in [-0.1, -0.05) is 25.1 Å². The molecule has 2 aliphatic rings. The zero-order valence-corrected chi connectivity index (χ0v) is 20.2. The number of nitro groups is 1. The van der Waals surface area contributed by atoms with Crippen LogP contribution in [0.4, 0.5) is 21.5 Å². The Morgan fingerprint density at radius 1 is 1.00 bits per heavy atom. The van der Waals surface area contributed by atoms with Crippen molar-refractivity contribution in [3.05, 3.63) is 58.4 Å². The van der Waals surface area contributed by atoms with Gasteiger partial charge in [0.15, 0.2) is 5.82 Å². The quantitative estimate of drug-likeness (QED) is 0.453. The largest absolute Gasteiger partial charge is 0.367 e. The van der Waals surface area contributed by atoms with Gasteiger partial charge in [0.1, 0.15) is 5.69 Å². The summed E-state index contributed by atoms with van der Waals surface area (Å²) in [5, 5.41) is 11.8. The van der Waals surface area contributed by atoms with Crippen LogP contribution in [0.25, 0.3) is 0 Å². The van der Waals surface area contributed by atoms with Crippen LogP contribution in [0.2, 0.25) is 0 Å². The van der Waals surface area contributed by atoms with E-state index in [-0.39, 0.29) is 30.2 Å². The smallest absolute Gasteiger partial charge is 0.295 e. The van der Waals surface area contributed by atoms with Gasteiger partial charge < -0.3 is 14.7 Å². The van der Waals surface area contributed by atoms with E-state index >= 15 is 0 Å². The molecule has 2 aliphatic heterocycles. The molecule has 0 spiro atoms. The second-order valence-corrected chi connectivity index (χ2v) is 10.6. The summed E-state index contributed by atoms with van der Waals surface area (Å²) in [6.45, 7) is 8.39. The van der Waals surface area contributed by atoms with Crippen LogP contribution in [0.5, 0.6) is 0 Å². The molecule has 2 saturated heterocycles. The van der Waals surface area contributed by atoms with Gasteiger partial charge in [-0.15, -0.1) is 0 Å². The lowest BCUT2D eigenvalue weighted by molar-refractivity contribution is -0.384. The summed E-state index contributed by atoms with van der Waals surface area (Å²) >= 11 is 0. The second-order valence-electron chi connectivity index (χ2n) is 8.69. The van der Waals surface area contributed by atoms with Crippen LogP contribution in [0.15, 0.2) is 47.4 Å². The van der Waals surface area contributed by atoms with Gasteiger partial charge in [-0.3, -0.25) is 10.1 Å². The van der Waals surface area contributed by atoms with Gasteiger partial charge in [-0.05, 0) is 31.7 Å². The Morgan fingerprint density at radius 2 is 1.65 bits per heavy atom. The minimum Gasteiger partial charge on any atom is -0.367 e. The van der Waals surface area contributed by atoms with E-state index in [9.17, 15) is 22.9 Å². The number of nitrogens with zero attached hydrogens (tertiary/aromatic N) is 5. The highest BCUT2D eigenvalue weighted by atomic mass is 32.2. The van der Waals surface area contributed by atoms with Crippen LogP contribution >= 0.6 is 0 Å². The van der Waals surface area contributed by atoms with Crippen molar-refractivity contribution in [3.63, 3.8) is 0 Å². The molecule has 0 radical (unpaired) electrons. The molecular weight excluding hydrogens is 461 g/mol. The standard InChI is InChI=1S/C23H30FN5O4S/c1-3-25-9-11-26(12-10-25)21-16-22(23(29(30)31)15-20(21)24)27-13-14-28(18(2)17-27)34(32,33)19-7-5-4-6-8-19/h4-8,15-16,18H,3,9-14,17H2,1-2H3. The minimum atomic E-state index is -3.68. The zero-order chi connectivity index (χ0) is 24.5. The van der Waals surface area contributed by atoms with Crippen LogP contribution in [0.3, 0.4) is 0 Å². The highest BCUT2D eigenvalue weighted by molar-refractivity contribution is 7.89. The highest BCUT2D eigenvalue weighted by Crippen LogP contribution is 2.37. The Hall–Kier alpha value is -2.76. The average Bonchev–Trinajstić information content (AvgIpc) is 2.84. The van der Waals surface area contributed by atoms with E-state index in [0.717, 1.165) is 25.7 Å². The molecule has 1 atom stereocenters. The van der Waals surface area contributed by atoms with Gasteiger partial charge in [-0.2, -0.15) is 4.31 Å². The number of rotatable bonds is 6. The summed E-state index contributed by atoms with van der Waals surface area (Å²) < 4.78 is 42.6. The fraction of sp³-hybridized carbons (Fsp3) is 0.478. The lowest BCUT2D eigenvalue weighted by atomic mass is 10.1. The molecule has 0 N–H and O–H groups in total. The number of anilines is 2. The number of sulfonamides is 1. The first-order valence-corrected chi connectivity index (χ1v) is 12.9. The molecule has 1 unspecified atom stereocenters. The molecule has 34 heavy (non-hydrogen) atoms. The number of piperazine rings is 2. The summed E-state index contributed by atoms with van der Waals surface area (Å²) in [5.41, 5.74) is 0.367. The van der Waals surface area contributed by atoms with Crippen molar-refractivity contribution in [2.24, 2.45) is 0 Å². The number of nitro benzene ring substituents is 1. The number of likely N-dealkylation sites (N-methyl/N-ethyl adjacent to an activating group) is 1. The van der Waals surface area contributed by atoms with Gasteiger partial charge in [-0.25, -0.2) is 12.8 Å². The van der Waals surface area contributed by atoms with E-state index in [1.165, 1.54) is 4.31 Å². The summed E-state index contributed by atoms with van der Waals surface area (Å²) in [7, 11) is -3.68. The van der Waals surface area contributed by atoms with Crippen LogP contribution in [0, 0.1) is 15.9 Å². The maximum atomic E-state index is 14.9. The molecule has 2 aromatic rings. The fourth-order valence-corrected chi connectivity index (χ4v) is 6.37. The number of halogens is 1. The second kappa shape index (κ2) is 9.85. The fourth-order valence-electron chi connectivity index (χ4n) is 4.73. The molecule has 0 aromatic heterocycles. The molecule has 0 saturated carbocycles. The van der Waals surface area contributed by atoms with Crippen molar-refractivity contribution in [1.82, 2.24) is 9.21 Å². The first-order valence-electron chi connectivity index (χ1n) is 11.5. The predicted octanol–water partition coefficient (Wildman–Crippen LogP) is 2.78. The first kappa shape index (κ1) is 24.4. The molecule has 4 rings (SSSR count). The normalized spacial score (nSPS) is 20.5. The number of benzene rings is 2. The average molecular weight is 492 g/mol. The van der Waals surface area contributed by atoms with Crippen LogP contribution in [-0.4, -0.2) is 80.9 Å². The monoisotopic (exact) mass is 491 g/mol. The van der Waals surface area contributed by atoms with Gasteiger partial charge in [0.05, 0.1) is 21.6 Å². The molecule has 9 nitrogen and oxygen atoms in total. The van der Waals surface area contributed by atoms with E-state index in [2.05, 4.69) is 11.8 Å². The molecule has 2 heterocycles. The predicted molar refractivity (Wildman–Crippen MR) is 129 cm³/mol. The van der Waals surface area contributed by atoms with E-state index in [0.29, 0.717) is 24.5 Å². The van der Waals surface area contributed by atoms with Crippen molar-refractivity contribution in [2.75, 3.05) is 62.2 Å². The molecule has 2 fully saturated rings. The number of hydrogen-bond acceptors (Lipinski definition) is 7. The zero-order valence-electron chi connectivity index (χ0n) is 19.4. The van der Waals surface area contributed by atoms with Crippen molar-refractivity contribution < 1.29 is 17.7 Å². The van der Waals surface area contributed by atoms with Crippen molar-refractivity contribution in [3.8, 4) is 0 Å². The Kier molecular flexibility index (Phi) is 7.06. The Morgan fingerprint density at radius 3 is 2.24 bits per heavy atom. The van der Waals surface area contributed by atoms with Crippen molar-refractivity contribution >= 4 is 27.1 Å². The van der Waals surface area contributed by atoms with Gasteiger partial charge in [0.25, 0.3) is 5.69 Å². The maximum Gasteiger partial charge on any atom is 0.295 e. The number of hydrogen-bond donors (Lipinski definition) is 0. The first-order chi connectivity index (χ1) is 16.2. The molecular formula is C23H30FN5O4S. The highest BCUT2D eigenvalue weighted by Gasteiger charge is 2.36. The molecule has 0 amide bonds. The maximum absolute atomic E-state index is 14.9. The lowest BCUT2D eigenvalue weighted by Crippen LogP contribution is -2.54. The van der Waals surface area contributed by atoms with Crippen LogP contribution in [-0.2, 0) is 10.0 Å². The third kappa shape index (κ3) is 4.73. The van der Waals surface area contributed by atoms with E-state index in [1.54, 1.807) is 48.2 Å². The van der Waals surface area contributed by atoms with E-state index in [4.69, 9.17) is 0 Å². The lowest BCUT2D eigenvalue weighted by Gasteiger charge is -2.40. The van der Waals surface area contributed by atoms with Gasteiger partial charge in [0, 0.05) is 51.9 Å². The summed E-state index contributed by atoms with van der Waals surface area (Å²) in [6.07, 6.45) is 0. The van der Waals surface area contributed by atoms with Gasteiger partial charge in [0.2, 0.25) is 10.0 Å². The molecule has 2 aromatic carbocycles. The van der Waals surface area contributed by atoms with Crippen molar-refractivity contribution in [2.45, 2.75) is 24.8 Å². The van der Waals surface area contributed by atoms with Crippen LogP contribution in [0.1, 0.15) is 13.8 Å². The Balaban J connectivity index is 1.60. The molecule has 184 valence electrons. The van der Waals surface area contributed by atoms with Crippen LogP contribution < -0.4 is 9.80 Å². The van der Waals surface area contributed by atoms with Crippen molar-refractivity contribution in [1.29, 1.82) is 0 Å². The third-order valence-electron chi connectivity index (χ3n) is 6.66. The molecule has 11 heteroatoms. The topological polar surface area (TPSA) is 90.2 Å². The Labute approximate surface area is 199 Å².